The predicted molar refractivity (Wildman–Crippen MR) is 139 cm³/mol. The number of alkyl carbamates (subject to hydrolysis) is 1. The van der Waals surface area contributed by atoms with E-state index in [0.29, 0.717) is 17.9 Å². The monoisotopic (exact) mass is 525 g/mol. The Morgan fingerprint density at radius 1 is 0.973 bits per heavy atom. The highest BCUT2D eigenvalue weighted by Gasteiger charge is 2.69. The zero-order chi connectivity index (χ0) is 26.4. The molecular weight excluding hydrogens is 494 g/mol. The van der Waals surface area contributed by atoms with Crippen LogP contribution in [-0.2, 0) is 30.4 Å². The summed E-state index contributed by atoms with van der Waals surface area (Å²) in [4.78, 5) is 39.9. The topological polar surface area (TPSA) is 90.9 Å². The molecule has 5 atom stereocenters. The van der Waals surface area contributed by atoms with Crippen molar-refractivity contribution in [2.24, 2.45) is 23.7 Å². The molecule has 0 heterocycles. The molecule has 196 valence electrons. The fourth-order valence-electron chi connectivity index (χ4n) is 5.82. The molecule has 0 aliphatic heterocycles. The third-order valence-corrected chi connectivity index (χ3v) is 7.53. The van der Waals surface area contributed by atoms with Crippen LogP contribution >= 0.6 is 11.6 Å². The van der Waals surface area contributed by atoms with E-state index < -0.39 is 29.5 Å². The number of amides is 1. The second-order valence-corrected chi connectivity index (χ2v) is 9.85. The van der Waals surface area contributed by atoms with Gasteiger partial charge in [-0.15, -0.1) is 0 Å². The Hall–Kier alpha value is -3.32. The van der Waals surface area contributed by atoms with Gasteiger partial charge in [-0.1, -0.05) is 66.2 Å². The lowest BCUT2D eigenvalue weighted by Crippen LogP contribution is -2.66. The summed E-state index contributed by atoms with van der Waals surface area (Å²) in [5, 5.41) is 3.46. The number of nitrogens with one attached hydrogen (secondary N) is 1. The summed E-state index contributed by atoms with van der Waals surface area (Å²) in [6.45, 7) is 3.73. The Bertz CT molecular complexity index is 1130. The van der Waals surface area contributed by atoms with E-state index in [1.807, 2.05) is 66.7 Å². The summed E-state index contributed by atoms with van der Waals surface area (Å²) < 4.78 is 16.3. The zero-order valence-electron chi connectivity index (χ0n) is 21.0. The van der Waals surface area contributed by atoms with Crippen LogP contribution in [0.1, 0.15) is 37.8 Å². The van der Waals surface area contributed by atoms with Gasteiger partial charge in [-0.2, -0.15) is 0 Å². The Morgan fingerprint density at radius 2 is 1.68 bits per heavy atom. The normalized spacial score (nSPS) is 26.1. The Balaban J connectivity index is 1.64. The van der Waals surface area contributed by atoms with E-state index in [-0.39, 0.29) is 37.6 Å². The van der Waals surface area contributed by atoms with E-state index in [0.717, 1.165) is 11.1 Å². The second-order valence-electron chi connectivity index (χ2n) is 9.42. The quantitative estimate of drug-likeness (QED) is 0.347. The zero-order valence-corrected chi connectivity index (χ0v) is 21.8. The van der Waals surface area contributed by atoms with Crippen molar-refractivity contribution in [2.75, 3.05) is 13.2 Å². The van der Waals surface area contributed by atoms with Crippen LogP contribution in [-0.4, -0.2) is 36.8 Å². The molecule has 2 saturated carbocycles. The molecule has 37 heavy (non-hydrogen) atoms. The minimum absolute atomic E-state index is 0.0314. The Morgan fingerprint density at radius 3 is 2.35 bits per heavy atom. The average molecular weight is 526 g/mol. The van der Waals surface area contributed by atoms with Crippen molar-refractivity contribution in [2.45, 2.75) is 38.8 Å². The van der Waals surface area contributed by atoms with Crippen LogP contribution in [0.5, 0.6) is 0 Å². The number of benzene rings is 2. The molecule has 1 amide bonds. The Labute approximate surface area is 222 Å². The SMILES string of the molecule is CCOC(=O)[C@@H]1[C@@H]2C[C@@H](/C=C/c3ccc(Cl)cc3)[C@@H](C2)[C@]1(NC(=O)OCc1ccccc1)C(=O)OCC. The van der Waals surface area contributed by atoms with Gasteiger partial charge in [-0.25, -0.2) is 9.59 Å². The summed E-state index contributed by atoms with van der Waals surface area (Å²) in [6.07, 6.45) is 4.52. The summed E-state index contributed by atoms with van der Waals surface area (Å²) in [5.74, 6) is -2.58. The first kappa shape index (κ1) is 26.7. The van der Waals surface area contributed by atoms with E-state index in [2.05, 4.69) is 5.32 Å². The molecule has 2 aliphatic rings. The van der Waals surface area contributed by atoms with Gasteiger partial charge in [0, 0.05) is 10.9 Å². The third kappa shape index (κ3) is 5.67. The van der Waals surface area contributed by atoms with Gasteiger partial charge in [0.1, 0.15) is 6.61 Å². The van der Waals surface area contributed by atoms with Gasteiger partial charge in [0.15, 0.2) is 5.54 Å². The van der Waals surface area contributed by atoms with Crippen molar-refractivity contribution < 1.29 is 28.6 Å². The van der Waals surface area contributed by atoms with Crippen molar-refractivity contribution in [1.29, 1.82) is 0 Å². The molecule has 0 radical (unpaired) electrons. The number of hydrogen-bond donors (Lipinski definition) is 1. The number of hydrogen-bond acceptors (Lipinski definition) is 6. The van der Waals surface area contributed by atoms with Crippen molar-refractivity contribution >= 4 is 35.7 Å². The van der Waals surface area contributed by atoms with Gasteiger partial charge in [-0.05, 0) is 61.8 Å². The van der Waals surface area contributed by atoms with Gasteiger partial charge in [0.25, 0.3) is 0 Å². The molecule has 7 nitrogen and oxygen atoms in total. The van der Waals surface area contributed by atoms with Crippen LogP contribution in [0.2, 0.25) is 5.02 Å². The van der Waals surface area contributed by atoms with E-state index >= 15 is 0 Å². The number of rotatable bonds is 9. The summed E-state index contributed by atoms with van der Waals surface area (Å²) >= 11 is 6.01. The van der Waals surface area contributed by atoms with Crippen LogP contribution in [0, 0.1) is 23.7 Å². The highest BCUT2D eigenvalue weighted by atomic mass is 35.5. The molecule has 2 aromatic carbocycles. The first-order chi connectivity index (χ1) is 17.9. The molecule has 2 fully saturated rings. The maximum Gasteiger partial charge on any atom is 0.408 e. The number of carbonyl (C=O) groups is 3. The minimum Gasteiger partial charge on any atom is -0.466 e. The molecule has 2 bridgehead atoms. The number of fused-ring (bicyclic) bond motifs is 2. The van der Waals surface area contributed by atoms with Crippen molar-refractivity contribution in [3.8, 4) is 0 Å². The van der Waals surface area contributed by atoms with Gasteiger partial charge >= 0.3 is 18.0 Å². The van der Waals surface area contributed by atoms with Crippen molar-refractivity contribution in [3.05, 3.63) is 76.8 Å². The van der Waals surface area contributed by atoms with Gasteiger partial charge in [-0.3, -0.25) is 4.79 Å². The first-order valence-electron chi connectivity index (χ1n) is 12.7. The summed E-state index contributed by atoms with van der Waals surface area (Å²) in [6, 6.07) is 16.7. The molecule has 2 aromatic rings. The Kier molecular flexibility index (Phi) is 8.54. The minimum atomic E-state index is -1.59. The number of halogens is 1. The molecule has 8 heteroatoms. The first-order valence-corrected chi connectivity index (χ1v) is 13.0. The fourth-order valence-corrected chi connectivity index (χ4v) is 5.95. The third-order valence-electron chi connectivity index (χ3n) is 7.28. The van der Waals surface area contributed by atoms with Gasteiger partial charge < -0.3 is 19.5 Å². The molecule has 2 aliphatic carbocycles. The molecule has 1 N–H and O–H groups in total. The molecule has 4 rings (SSSR count). The fraction of sp³-hybridized carbons (Fsp3) is 0.414. The number of ether oxygens (including phenoxy) is 3. The molecule has 0 aromatic heterocycles. The van der Waals surface area contributed by atoms with E-state index in [4.69, 9.17) is 25.8 Å². The van der Waals surface area contributed by atoms with Gasteiger partial charge in [0.2, 0.25) is 0 Å². The lowest BCUT2D eigenvalue weighted by atomic mass is 9.67. The van der Waals surface area contributed by atoms with Crippen LogP contribution in [0.4, 0.5) is 4.79 Å². The standard InChI is InChI=1S/C29H32ClNO6/c1-3-35-26(32)25-22-16-21(13-10-19-11-14-23(30)15-12-19)24(17-22)29(25,27(33)36-4-2)31-28(34)37-18-20-8-6-5-7-9-20/h5-15,21-22,24-25H,3-4,16-18H2,1-2H3,(H,31,34)/b13-10+/t21-,22-,24-,25+,29-/m1/s1. The molecule has 0 unspecified atom stereocenters. The summed E-state index contributed by atoms with van der Waals surface area (Å²) in [7, 11) is 0. The second kappa shape index (κ2) is 11.8. The summed E-state index contributed by atoms with van der Waals surface area (Å²) in [5.41, 5.74) is 0.182. The van der Waals surface area contributed by atoms with Crippen LogP contribution in [0.3, 0.4) is 0 Å². The van der Waals surface area contributed by atoms with E-state index in [1.165, 1.54) is 0 Å². The number of carbonyl (C=O) groups excluding carboxylic acids is 3. The highest BCUT2D eigenvalue weighted by Crippen LogP contribution is 2.58. The predicted octanol–water partition coefficient (Wildman–Crippen LogP) is 5.42. The lowest BCUT2D eigenvalue weighted by molar-refractivity contribution is -0.168. The molecule has 0 saturated heterocycles. The van der Waals surface area contributed by atoms with Gasteiger partial charge in [0.05, 0.1) is 19.1 Å². The van der Waals surface area contributed by atoms with E-state index in [1.54, 1.807) is 13.8 Å². The molecule has 0 spiro atoms. The maximum atomic E-state index is 13.6. The van der Waals surface area contributed by atoms with E-state index in [9.17, 15) is 14.4 Å². The average Bonchev–Trinajstić information content (AvgIpc) is 3.45. The maximum absolute atomic E-state index is 13.6. The van der Waals surface area contributed by atoms with Crippen LogP contribution in [0.25, 0.3) is 6.08 Å². The van der Waals surface area contributed by atoms with Crippen molar-refractivity contribution in [1.82, 2.24) is 5.32 Å². The largest absolute Gasteiger partial charge is 0.466 e. The number of esters is 2. The number of allylic oxidation sites excluding steroid dienone is 1. The van der Waals surface area contributed by atoms with Crippen LogP contribution < -0.4 is 5.32 Å². The smallest absolute Gasteiger partial charge is 0.408 e. The highest BCUT2D eigenvalue weighted by molar-refractivity contribution is 6.30. The van der Waals surface area contributed by atoms with Crippen LogP contribution in [0.15, 0.2) is 60.7 Å². The van der Waals surface area contributed by atoms with Crippen molar-refractivity contribution in [3.63, 3.8) is 0 Å². The molecular formula is C29H32ClNO6. The lowest BCUT2D eigenvalue weighted by Gasteiger charge is -2.43.